The molecule has 0 saturated carbocycles. The Morgan fingerprint density at radius 1 is 0.421 bits per heavy atom. The van der Waals surface area contributed by atoms with E-state index in [0.29, 0.717) is 0 Å². The molecule has 0 unspecified atom stereocenters. The maximum Gasteiger partial charge on any atom is 0.314 e. The molecule has 0 aromatic rings. The van der Waals surface area contributed by atoms with Crippen LogP contribution in [0.5, 0.6) is 0 Å². The Kier molecular flexibility index (Phi) is 5.40. The Labute approximate surface area is 123 Å². The van der Waals surface area contributed by atoms with Crippen LogP contribution in [0.25, 0.3) is 0 Å². The zero-order valence-corrected chi connectivity index (χ0v) is 15.5. The standard InChI is InChI=1S/C16H36BN2/c1-13(2,3)18(14(4,5)6)17-19(15(7,8)9)16(10,11)12/h1-12H3. The lowest BCUT2D eigenvalue weighted by molar-refractivity contribution is 0.0789. The third kappa shape index (κ3) is 5.87. The molecule has 0 amide bonds. The van der Waals surface area contributed by atoms with Gasteiger partial charge in [-0.1, -0.05) is 0 Å². The highest BCUT2D eigenvalue weighted by molar-refractivity contribution is 6.29. The summed E-state index contributed by atoms with van der Waals surface area (Å²) in [5, 5.41) is 0. The van der Waals surface area contributed by atoms with Crippen LogP contribution < -0.4 is 0 Å². The quantitative estimate of drug-likeness (QED) is 0.687. The minimum atomic E-state index is 0.104. The highest BCUT2D eigenvalue weighted by atomic mass is 15.3. The second kappa shape index (κ2) is 5.40. The lowest BCUT2D eigenvalue weighted by atomic mass is 9.79. The Bertz CT molecular complexity index is 226. The van der Waals surface area contributed by atoms with E-state index < -0.39 is 0 Å². The lowest BCUT2D eigenvalue weighted by Crippen LogP contribution is -2.65. The van der Waals surface area contributed by atoms with Crippen molar-refractivity contribution in [3.63, 3.8) is 0 Å². The van der Waals surface area contributed by atoms with Gasteiger partial charge in [0.05, 0.1) is 0 Å². The van der Waals surface area contributed by atoms with Gasteiger partial charge in [0.1, 0.15) is 0 Å². The van der Waals surface area contributed by atoms with E-state index in [2.05, 4.69) is 100 Å². The van der Waals surface area contributed by atoms with Gasteiger partial charge in [0.2, 0.25) is 0 Å². The number of nitrogens with zero attached hydrogens (tertiary/aromatic N) is 2. The van der Waals surface area contributed by atoms with Crippen LogP contribution in [0, 0.1) is 0 Å². The summed E-state index contributed by atoms with van der Waals surface area (Å²) in [4.78, 5) is 4.94. The molecule has 0 aliphatic carbocycles. The summed E-state index contributed by atoms with van der Waals surface area (Å²) in [5.74, 6) is 0. The predicted molar refractivity (Wildman–Crippen MR) is 88.4 cm³/mol. The van der Waals surface area contributed by atoms with Crippen LogP contribution in [0.15, 0.2) is 0 Å². The van der Waals surface area contributed by atoms with Gasteiger partial charge in [0, 0.05) is 22.2 Å². The van der Waals surface area contributed by atoms with E-state index in [0.717, 1.165) is 0 Å². The molecule has 113 valence electrons. The van der Waals surface area contributed by atoms with Crippen molar-refractivity contribution in [2.75, 3.05) is 0 Å². The van der Waals surface area contributed by atoms with Crippen LogP contribution in [0.4, 0.5) is 0 Å². The molecular weight excluding hydrogens is 231 g/mol. The van der Waals surface area contributed by atoms with Crippen molar-refractivity contribution in [2.24, 2.45) is 0 Å². The fourth-order valence-electron chi connectivity index (χ4n) is 2.82. The van der Waals surface area contributed by atoms with Crippen LogP contribution in [-0.4, -0.2) is 39.3 Å². The van der Waals surface area contributed by atoms with E-state index in [4.69, 9.17) is 0 Å². The Hall–Kier alpha value is -0.0151. The summed E-state index contributed by atoms with van der Waals surface area (Å²) in [6.07, 6.45) is 0. The van der Waals surface area contributed by atoms with Gasteiger partial charge in [0.15, 0.2) is 0 Å². The van der Waals surface area contributed by atoms with Crippen LogP contribution in [0.1, 0.15) is 83.1 Å². The molecule has 0 saturated heterocycles. The van der Waals surface area contributed by atoms with Gasteiger partial charge in [0.25, 0.3) is 0 Å². The zero-order valence-electron chi connectivity index (χ0n) is 15.5. The average molecular weight is 267 g/mol. The molecule has 0 aliphatic heterocycles. The van der Waals surface area contributed by atoms with Gasteiger partial charge in [-0.2, -0.15) is 0 Å². The first-order valence-corrected chi connectivity index (χ1v) is 7.41. The normalized spacial score (nSPS) is 15.3. The third-order valence-electron chi connectivity index (χ3n) is 3.12. The summed E-state index contributed by atoms with van der Waals surface area (Å²) in [7, 11) is 2.33. The van der Waals surface area contributed by atoms with Gasteiger partial charge >= 0.3 is 7.55 Å². The molecule has 3 heteroatoms. The monoisotopic (exact) mass is 267 g/mol. The van der Waals surface area contributed by atoms with Crippen molar-refractivity contribution >= 4 is 7.55 Å². The number of hydrogen-bond acceptors (Lipinski definition) is 2. The van der Waals surface area contributed by atoms with Crippen molar-refractivity contribution in [3.8, 4) is 0 Å². The van der Waals surface area contributed by atoms with E-state index in [9.17, 15) is 0 Å². The van der Waals surface area contributed by atoms with Crippen LogP contribution in [-0.2, 0) is 0 Å². The first-order valence-electron chi connectivity index (χ1n) is 7.41. The van der Waals surface area contributed by atoms with Crippen molar-refractivity contribution in [3.05, 3.63) is 0 Å². The van der Waals surface area contributed by atoms with Crippen molar-refractivity contribution in [1.29, 1.82) is 0 Å². The Morgan fingerprint density at radius 3 is 0.684 bits per heavy atom. The molecule has 19 heavy (non-hydrogen) atoms. The molecule has 0 N–H and O–H groups in total. The summed E-state index contributed by atoms with van der Waals surface area (Å²) < 4.78 is 0. The maximum absolute atomic E-state index is 2.47. The Morgan fingerprint density at radius 2 is 0.579 bits per heavy atom. The number of hydrogen-bond donors (Lipinski definition) is 0. The first-order chi connectivity index (χ1) is 7.97. The van der Waals surface area contributed by atoms with Crippen LogP contribution in [0.2, 0.25) is 0 Å². The van der Waals surface area contributed by atoms with E-state index >= 15 is 0 Å². The largest absolute Gasteiger partial charge is 0.322 e. The zero-order chi connectivity index (χ0) is 15.9. The second-order valence-corrected chi connectivity index (χ2v) is 9.54. The van der Waals surface area contributed by atoms with E-state index in [1.807, 2.05) is 0 Å². The number of rotatable bonds is 2. The summed E-state index contributed by atoms with van der Waals surface area (Å²) >= 11 is 0. The highest BCUT2D eigenvalue weighted by Gasteiger charge is 2.40. The topological polar surface area (TPSA) is 6.48 Å². The van der Waals surface area contributed by atoms with Gasteiger partial charge in [-0.3, -0.25) is 0 Å². The minimum absolute atomic E-state index is 0.104. The molecule has 0 aromatic heterocycles. The predicted octanol–water partition coefficient (Wildman–Crippen LogP) is 4.32. The molecule has 0 heterocycles. The van der Waals surface area contributed by atoms with Crippen molar-refractivity contribution < 1.29 is 0 Å². The summed E-state index contributed by atoms with van der Waals surface area (Å²) in [6, 6.07) is 0. The SMILES string of the molecule is CC(C)(C)N([B]N(C(C)(C)C)C(C)(C)C)C(C)(C)C. The third-order valence-corrected chi connectivity index (χ3v) is 3.12. The van der Waals surface area contributed by atoms with Crippen LogP contribution >= 0.6 is 0 Å². The van der Waals surface area contributed by atoms with E-state index in [1.54, 1.807) is 0 Å². The molecule has 2 nitrogen and oxygen atoms in total. The van der Waals surface area contributed by atoms with Gasteiger partial charge in [-0.05, 0) is 83.1 Å². The molecule has 0 bridgehead atoms. The van der Waals surface area contributed by atoms with Gasteiger partial charge in [-0.25, -0.2) is 0 Å². The molecule has 0 aromatic carbocycles. The van der Waals surface area contributed by atoms with Gasteiger partial charge < -0.3 is 9.62 Å². The molecule has 1 radical (unpaired) electrons. The lowest BCUT2D eigenvalue weighted by Gasteiger charge is -2.53. The second-order valence-electron chi connectivity index (χ2n) is 9.54. The average Bonchev–Trinajstić information content (AvgIpc) is 1.91. The van der Waals surface area contributed by atoms with E-state index in [-0.39, 0.29) is 22.2 Å². The molecule has 0 spiro atoms. The van der Waals surface area contributed by atoms with Crippen molar-refractivity contribution in [1.82, 2.24) is 9.62 Å². The summed E-state index contributed by atoms with van der Waals surface area (Å²) in [6.45, 7) is 27.3. The van der Waals surface area contributed by atoms with Crippen molar-refractivity contribution in [2.45, 2.75) is 105 Å². The van der Waals surface area contributed by atoms with E-state index in [1.165, 1.54) is 0 Å². The van der Waals surface area contributed by atoms with Gasteiger partial charge in [-0.15, -0.1) is 0 Å². The molecule has 0 aliphatic rings. The molecule has 0 fully saturated rings. The van der Waals surface area contributed by atoms with Crippen LogP contribution in [0.3, 0.4) is 0 Å². The molecule has 0 atom stereocenters. The Balaban J connectivity index is 5.43. The fourth-order valence-corrected chi connectivity index (χ4v) is 2.82. The minimum Gasteiger partial charge on any atom is -0.322 e. The fraction of sp³-hybridized carbons (Fsp3) is 1.00. The first kappa shape index (κ1) is 19.0. The maximum atomic E-state index is 2.47. The smallest absolute Gasteiger partial charge is 0.314 e. The summed E-state index contributed by atoms with van der Waals surface area (Å²) in [5.41, 5.74) is 0.417. The highest BCUT2D eigenvalue weighted by Crippen LogP contribution is 2.29. The molecular formula is C16H36BN2. The molecule has 0 rings (SSSR count).